The zero-order chi connectivity index (χ0) is 14.1. The molecule has 5 nitrogen and oxygen atoms in total. The molecule has 1 aliphatic heterocycles. The van der Waals surface area contributed by atoms with Crippen molar-refractivity contribution in [2.24, 2.45) is 0 Å². The summed E-state index contributed by atoms with van der Waals surface area (Å²) in [5, 5.41) is 0. The van der Waals surface area contributed by atoms with E-state index in [1.165, 1.54) is 5.56 Å². The molecular weight excluding hydrogens is 266 g/mol. The molecule has 0 bridgehead atoms. The molecule has 0 atom stereocenters. The first-order valence-electron chi connectivity index (χ1n) is 7.02. The summed E-state index contributed by atoms with van der Waals surface area (Å²) in [7, 11) is 0. The van der Waals surface area contributed by atoms with E-state index >= 15 is 0 Å². The van der Waals surface area contributed by atoms with E-state index in [4.69, 9.17) is 8.83 Å². The maximum atomic E-state index is 5.41. The van der Waals surface area contributed by atoms with Crippen molar-refractivity contribution in [2.75, 3.05) is 6.54 Å². The average Bonchev–Trinajstić information content (AvgIpc) is 3.20. The number of aromatic nitrogens is 2. The largest absolute Gasteiger partial charge is 0.468 e. The summed E-state index contributed by atoms with van der Waals surface area (Å²) in [5.41, 5.74) is 2.30. The van der Waals surface area contributed by atoms with Crippen molar-refractivity contribution in [3.05, 3.63) is 60.0 Å². The van der Waals surface area contributed by atoms with Crippen LogP contribution in [0.5, 0.6) is 0 Å². The fourth-order valence-corrected chi connectivity index (χ4v) is 2.66. The van der Waals surface area contributed by atoms with E-state index < -0.39 is 0 Å². The van der Waals surface area contributed by atoms with Gasteiger partial charge in [-0.2, -0.15) is 0 Å². The number of nitrogens with zero attached hydrogens (tertiary/aromatic N) is 3. The van der Waals surface area contributed by atoms with Crippen LogP contribution in [0.25, 0.3) is 11.6 Å². The lowest BCUT2D eigenvalue weighted by Gasteiger charge is -2.27. The van der Waals surface area contributed by atoms with E-state index in [1.807, 2.05) is 30.5 Å². The van der Waals surface area contributed by atoms with Crippen molar-refractivity contribution >= 4 is 0 Å². The number of furan rings is 2. The van der Waals surface area contributed by atoms with Crippen LogP contribution in [0.1, 0.15) is 17.0 Å². The molecule has 0 radical (unpaired) electrons. The molecular formula is C16H15N3O2. The summed E-state index contributed by atoms with van der Waals surface area (Å²) in [6.45, 7) is 2.66. The molecule has 4 heterocycles. The van der Waals surface area contributed by atoms with Crippen molar-refractivity contribution < 1.29 is 8.83 Å². The van der Waals surface area contributed by atoms with Crippen molar-refractivity contribution in [3.63, 3.8) is 0 Å². The lowest BCUT2D eigenvalue weighted by Crippen LogP contribution is -2.30. The predicted octanol–water partition coefficient (Wildman–Crippen LogP) is 2.89. The van der Waals surface area contributed by atoms with Gasteiger partial charge in [0.2, 0.25) is 0 Å². The van der Waals surface area contributed by atoms with Gasteiger partial charge in [-0.25, -0.2) is 9.97 Å². The van der Waals surface area contributed by atoms with Gasteiger partial charge in [0.1, 0.15) is 5.76 Å². The van der Waals surface area contributed by atoms with Crippen LogP contribution < -0.4 is 0 Å². The monoisotopic (exact) mass is 281 g/mol. The van der Waals surface area contributed by atoms with E-state index in [-0.39, 0.29) is 0 Å². The van der Waals surface area contributed by atoms with Crippen LogP contribution in [0.15, 0.2) is 51.8 Å². The first-order valence-corrected chi connectivity index (χ1v) is 7.02. The van der Waals surface area contributed by atoms with Gasteiger partial charge in [-0.1, -0.05) is 0 Å². The highest BCUT2D eigenvalue weighted by Crippen LogP contribution is 2.22. The second-order valence-corrected chi connectivity index (χ2v) is 5.18. The van der Waals surface area contributed by atoms with Gasteiger partial charge in [-0.3, -0.25) is 4.90 Å². The molecule has 0 saturated heterocycles. The number of hydrogen-bond donors (Lipinski definition) is 0. The van der Waals surface area contributed by atoms with Crippen LogP contribution in [0, 0.1) is 0 Å². The highest BCUT2D eigenvalue weighted by molar-refractivity contribution is 5.46. The third kappa shape index (κ3) is 2.48. The maximum absolute atomic E-state index is 5.41. The van der Waals surface area contributed by atoms with E-state index in [2.05, 4.69) is 14.9 Å². The molecule has 0 amide bonds. The molecule has 0 N–H and O–H groups in total. The molecule has 0 unspecified atom stereocenters. The third-order valence-corrected chi connectivity index (χ3v) is 3.71. The minimum atomic E-state index is 0.665. The highest BCUT2D eigenvalue weighted by Gasteiger charge is 2.20. The first kappa shape index (κ1) is 12.3. The Labute approximate surface area is 122 Å². The first-order chi connectivity index (χ1) is 10.4. The average molecular weight is 281 g/mol. The molecule has 3 aromatic heterocycles. The number of rotatable bonds is 3. The standard InChI is InChI=1S/C16H15N3O2/c1-3-13(20-7-1)11-19-6-5-14-12(10-19)9-17-16(18-14)15-4-2-8-21-15/h1-4,7-9H,5-6,10-11H2. The quantitative estimate of drug-likeness (QED) is 0.739. The molecule has 106 valence electrons. The Morgan fingerprint density at radius 1 is 1.14 bits per heavy atom. The number of hydrogen-bond acceptors (Lipinski definition) is 5. The third-order valence-electron chi connectivity index (χ3n) is 3.71. The van der Waals surface area contributed by atoms with Crippen molar-refractivity contribution in [3.8, 4) is 11.6 Å². The zero-order valence-corrected chi connectivity index (χ0v) is 11.5. The molecule has 21 heavy (non-hydrogen) atoms. The Hall–Kier alpha value is -2.40. The molecule has 0 saturated carbocycles. The molecule has 0 spiro atoms. The maximum Gasteiger partial charge on any atom is 0.195 e. The zero-order valence-electron chi connectivity index (χ0n) is 11.5. The van der Waals surface area contributed by atoms with E-state index in [0.717, 1.165) is 43.3 Å². The van der Waals surface area contributed by atoms with Gasteiger partial charge < -0.3 is 8.83 Å². The van der Waals surface area contributed by atoms with E-state index in [1.54, 1.807) is 12.5 Å². The van der Waals surface area contributed by atoms with Crippen LogP contribution in [0.2, 0.25) is 0 Å². The Kier molecular flexibility index (Phi) is 3.05. The van der Waals surface area contributed by atoms with Gasteiger partial charge in [-0.15, -0.1) is 0 Å². The van der Waals surface area contributed by atoms with E-state index in [0.29, 0.717) is 5.82 Å². The van der Waals surface area contributed by atoms with Crippen molar-refractivity contribution in [1.29, 1.82) is 0 Å². The van der Waals surface area contributed by atoms with Crippen LogP contribution in [0.4, 0.5) is 0 Å². The Morgan fingerprint density at radius 3 is 2.86 bits per heavy atom. The smallest absolute Gasteiger partial charge is 0.195 e. The minimum absolute atomic E-state index is 0.665. The molecule has 0 fully saturated rings. The topological polar surface area (TPSA) is 55.3 Å². The normalized spacial score (nSPS) is 15.0. The summed E-state index contributed by atoms with van der Waals surface area (Å²) < 4.78 is 10.8. The van der Waals surface area contributed by atoms with Gasteiger partial charge in [0, 0.05) is 31.3 Å². The van der Waals surface area contributed by atoms with Crippen LogP contribution in [0.3, 0.4) is 0 Å². The predicted molar refractivity (Wildman–Crippen MR) is 76.3 cm³/mol. The van der Waals surface area contributed by atoms with Crippen molar-refractivity contribution in [2.45, 2.75) is 19.5 Å². The van der Waals surface area contributed by atoms with Crippen LogP contribution in [-0.2, 0) is 19.5 Å². The van der Waals surface area contributed by atoms with Crippen LogP contribution in [-0.4, -0.2) is 21.4 Å². The van der Waals surface area contributed by atoms with E-state index in [9.17, 15) is 0 Å². The van der Waals surface area contributed by atoms with Crippen LogP contribution >= 0.6 is 0 Å². The fourth-order valence-electron chi connectivity index (χ4n) is 2.66. The highest BCUT2D eigenvalue weighted by atomic mass is 16.3. The summed E-state index contributed by atoms with van der Waals surface area (Å²) in [4.78, 5) is 11.4. The minimum Gasteiger partial charge on any atom is -0.468 e. The summed E-state index contributed by atoms with van der Waals surface area (Å²) in [6, 6.07) is 7.66. The van der Waals surface area contributed by atoms with Crippen molar-refractivity contribution in [1.82, 2.24) is 14.9 Å². The molecule has 5 heteroatoms. The fraction of sp³-hybridized carbons (Fsp3) is 0.250. The SMILES string of the molecule is c1coc(CN2CCc3nc(-c4ccco4)ncc3C2)c1. The second-order valence-electron chi connectivity index (χ2n) is 5.18. The molecule has 0 aromatic carbocycles. The Balaban J connectivity index is 1.54. The summed E-state index contributed by atoms with van der Waals surface area (Å²) in [6.07, 6.45) is 6.19. The van der Waals surface area contributed by atoms with Gasteiger partial charge in [0.15, 0.2) is 11.6 Å². The van der Waals surface area contributed by atoms with Gasteiger partial charge in [0.25, 0.3) is 0 Å². The lowest BCUT2D eigenvalue weighted by molar-refractivity contribution is 0.223. The van der Waals surface area contributed by atoms with Gasteiger partial charge in [0.05, 0.1) is 24.8 Å². The molecule has 4 rings (SSSR count). The Morgan fingerprint density at radius 2 is 2.05 bits per heavy atom. The van der Waals surface area contributed by atoms with Gasteiger partial charge >= 0.3 is 0 Å². The molecule has 1 aliphatic rings. The molecule has 3 aromatic rings. The van der Waals surface area contributed by atoms with Gasteiger partial charge in [-0.05, 0) is 24.3 Å². The Bertz CT molecular complexity index is 720. The lowest BCUT2D eigenvalue weighted by atomic mass is 10.1. The number of fused-ring (bicyclic) bond motifs is 1. The molecule has 0 aliphatic carbocycles. The summed E-state index contributed by atoms with van der Waals surface area (Å²) >= 11 is 0. The second kappa shape index (κ2) is 5.18. The summed E-state index contributed by atoms with van der Waals surface area (Å²) in [5.74, 6) is 2.38.